The summed E-state index contributed by atoms with van der Waals surface area (Å²) >= 11 is 0. The molecule has 2 aromatic rings. The Morgan fingerprint density at radius 2 is 2.29 bits per heavy atom. The van der Waals surface area contributed by atoms with E-state index in [1.807, 2.05) is 0 Å². The van der Waals surface area contributed by atoms with Crippen molar-refractivity contribution < 1.29 is 14.9 Å². The van der Waals surface area contributed by atoms with Crippen molar-refractivity contribution >= 4 is 17.0 Å². The Labute approximate surface area is 119 Å². The average molecular weight is 295 g/mol. The summed E-state index contributed by atoms with van der Waals surface area (Å²) in [6.45, 7) is 0. The highest BCUT2D eigenvalue weighted by Crippen LogP contribution is 2.36. The Kier molecular flexibility index (Phi) is 3.26. The van der Waals surface area contributed by atoms with Gasteiger partial charge in [0.25, 0.3) is 0 Å². The topological polar surface area (TPSA) is 157 Å². The number of anilines is 1. The summed E-state index contributed by atoms with van der Waals surface area (Å²) in [6.07, 6.45) is -0.139. The minimum atomic E-state index is -1.69. The molecule has 2 aromatic heterocycles. The van der Waals surface area contributed by atoms with Gasteiger partial charge in [-0.05, 0) is 0 Å². The first-order valence-corrected chi connectivity index (χ1v) is 6.39. The molecule has 10 heteroatoms. The predicted molar refractivity (Wildman–Crippen MR) is 72.7 cm³/mol. The quantitative estimate of drug-likeness (QED) is 0.407. The summed E-state index contributed by atoms with van der Waals surface area (Å²) in [7, 11) is 1.72. The van der Waals surface area contributed by atoms with Crippen LogP contribution in [0.25, 0.3) is 11.2 Å². The second-order valence-corrected chi connectivity index (χ2v) is 5.01. The SMILES string of the molecule is CNc1ncnc2c1ncn2[C@@H]1O[C@H](C(N)O)C[C@@]1(N)O. The number of aliphatic hydroxyl groups is 2. The van der Waals surface area contributed by atoms with Gasteiger partial charge in [-0.2, -0.15) is 0 Å². The van der Waals surface area contributed by atoms with E-state index in [0.29, 0.717) is 17.0 Å². The smallest absolute Gasteiger partial charge is 0.179 e. The highest BCUT2D eigenvalue weighted by molar-refractivity contribution is 5.82. The maximum atomic E-state index is 10.3. The minimum Gasteiger partial charge on any atom is -0.376 e. The molecule has 1 aliphatic heterocycles. The second-order valence-electron chi connectivity index (χ2n) is 5.01. The zero-order valence-electron chi connectivity index (χ0n) is 11.3. The van der Waals surface area contributed by atoms with E-state index in [9.17, 15) is 10.2 Å². The Morgan fingerprint density at radius 1 is 1.52 bits per heavy atom. The molecule has 3 rings (SSSR count). The van der Waals surface area contributed by atoms with E-state index in [0.717, 1.165) is 0 Å². The van der Waals surface area contributed by atoms with Gasteiger partial charge in [-0.15, -0.1) is 0 Å². The van der Waals surface area contributed by atoms with E-state index in [2.05, 4.69) is 20.3 Å². The number of hydrogen-bond donors (Lipinski definition) is 5. The molecule has 1 aliphatic rings. The summed E-state index contributed by atoms with van der Waals surface area (Å²) < 4.78 is 7.06. The van der Waals surface area contributed by atoms with Gasteiger partial charge in [0.1, 0.15) is 24.2 Å². The molecule has 0 aromatic carbocycles. The van der Waals surface area contributed by atoms with Crippen LogP contribution < -0.4 is 16.8 Å². The lowest BCUT2D eigenvalue weighted by Gasteiger charge is -2.24. The van der Waals surface area contributed by atoms with Crippen LogP contribution in [0.1, 0.15) is 12.6 Å². The first-order valence-electron chi connectivity index (χ1n) is 6.39. The largest absolute Gasteiger partial charge is 0.376 e. The van der Waals surface area contributed by atoms with Crippen molar-refractivity contribution in [3.05, 3.63) is 12.7 Å². The van der Waals surface area contributed by atoms with Crippen LogP contribution in [0.15, 0.2) is 12.7 Å². The normalized spacial score (nSPS) is 30.7. The Bertz CT molecular complexity index is 656. The van der Waals surface area contributed by atoms with Crippen LogP contribution in [-0.4, -0.2) is 54.8 Å². The van der Waals surface area contributed by atoms with Crippen molar-refractivity contribution in [1.29, 1.82) is 0 Å². The molecule has 4 atom stereocenters. The fourth-order valence-electron chi connectivity index (χ4n) is 2.47. The van der Waals surface area contributed by atoms with E-state index < -0.39 is 24.3 Å². The number of nitrogens with two attached hydrogens (primary N) is 2. The van der Waals surface area contributed by atoms with Crippen LogP contribution in [-0.2, 0) is 4.74 Å². The molecule has 1 fully saturated rings. The number of nitrogens with one attached hydrogen (secondary N) is 1. The average Bonchev–Trinajstić information content (AvgIpc) is 2.98. The van der Waals surface area contributed by atoms with Crippen LogP contribution in [0.5, 0.6) is 0 Å². The molecule has 0 spiro atoms. The fraction of sp³-hybridized carbons (Fsp3) is 0.545. The van der Waals surface area contributed by atoms with Crippen LogP contribution in [0.4, 0.5) is 5.82 Å². The molecule has 7 N–H and O–H groups in total. The van der Waals surface area contributed by atoms with Crippen molar-refractivity contribution in [3.8, 4) is 0 Å². The predicted octanol–water partition coefficient (Wildman–Crippen LogP) is -1.92. The Hall–Kier alpha value is -1.85. The van der Waals surface area contributed by atoms with Crippen molar-refractivity contribution in [3.63, 3.8) is 0 Å². The first-order chi connectivity index (χ1) is 9.94. The zero-order valence-corrected chi connectivity index (χ0v) is 11.3. The van der Waals surface area contributed by atoms with Crippen molar-refractivity contribution in [2.75, 3.05) is 12.4 Å². The molecule has 0 amide bonds. The number of nitrogens with zero attached hydrogens (tertiary/aromatic N) is 4. The molecule has 0 bridgehead atoms. The Morgan fingerprint density at radius 3 is 2.90 bits per heavy atom. The highest BCUT2D eigenvalue weighted by Gasteiger charge is 2.48. The molecule has 0 saturated carbocycles. The lowest BCUT2D eigenvalue weighted by molar-refractivity contribution is -0.102. The maximum Gasteiger partial charge on any atom is 0.179 e. The standard InChI is InChI=1S/C11H17N7O3/c1-14-8-6-9(16-3-15-8)18(4-17-6)10-11(13,20)2-5(21-10)7(12)19/h3-5,7,10,19-20H,2,12-13H2,1H3,(H,14,15,16)/t5-,7?,10+,11+/m0/s1. The fourth-order valence-corrected chi connectivity index (χ4v) is 2.47. The number of aromatic nitrogens is 4. The molecule has 0 aliphatic carbocycles. The molecule has 1 saturated heterocycles. The molecule has 1 unspecified atom stereocenters. The number of aliphatic hydroxyl groups excluding tert-OH is 1. The Balaban J connectivity index is 2.04. The summed E-state index contributed by atoms with van der Waals surface area (Å²) in [6, 6.07) is 0. The zero-order chi connectivity index (χ0) is 15.2. The number of fused-ring (bicyclic) bond motifs is 1. The lowest BCUT2D eigenvalue weighted by Crippen LogP contribution is -2.45. The molecule has 21 heavy (non-hydrogen) atoms. The number of rotatable bonds is 3. The van der Waals surface area contributed by atoms with Gasteiger partial charge in [0.2, 0.25) is 0 Å². The second kappa shape index (κ2) is 4.86. The van der Waals surface area contributed by atoms with E-state index in [1.54, 1.807) is 7.05 Å². The molecular weight excluding hydrogens is 278 g/mol. The van der Waals surface area contributed by atoms with Gasteiger partial charge in [-0.25, -0.2) is 15.0 Å². The molecule has 114 valence electrons. The lowest BCUT2D eigenvalue weighted by atomic mass is 10.1. The molecule has 0 radical (unpaired) electrons. The van der Waals surface area contributed by atoms with Crippen LogP contribution in [0.3, 0.4) is 0 Å². The van der Waals surface area contributed by atoms with Crippen molar-refractivity contribution in [1.82, 2.24) is 19.5 Å². The van der Waals surface area contributed by atoms with Crippen molar-refractivity contribution in [2.24, 2.45) is 11.5 Å². The van der Waals surface area contributed by atoms with E-state index in [1.165, 1.54) is 17.2 Å². The molecule has 10 nitrogen and oxygen atoms in total. The van der Waals surface area contributed by atoms with Gasteiger partial charge in [-0.3, -0.25) is 10.3 Å². The number of ether oxygens (including phenoxy) is 1. The first kappa shape index (κ1) is 14.1. The van der Waals surface area contributed by atoms with Crippen LogP contribution >= 0.6 is 0 Å². The summed E-state index contributed by atoms with van der Waals surface area (Å²) in [5, 5.41) is 22.6. The number of imidazole rings is 1. The third-order valence-corrected chi connectivity index (χ3v) is 3.49. The molecular formula is C11H17N7O3. The van der Waals surface area contributed by atoms with Crippen LogP contribution in [0.2, 0.25) is 0 Å². The highest BCUT2D eigenvalue weighted by atomic mass is 16.6. The van der Waals surface area contributed by atoms with Gasteiger partial charge >= 0.3 is 0 Å². The van der Waals surface area contributed by atoms with E-state index in [-0.39, 0.29) is 6.42 Å². The third kappa shape index (κ3) is 2.22. The van der Waals surface area contributed by atoms with Gasteiger partial charge < -0.3 is 26.0 Å². The summed E-state index contributed by atoms with van der Waals surface area (Å²) in [4.78, 5) is 12.4. The van der Waals surface area contributed by atoms with Gasteiger partial charge in [0, 0.05) is 13.5 Å². The van der Waals surface area contributed by atoms with E-state index in [4.69, 9.17) is 16.2 Å². The minimum absolute atomic E-state index is 0.00102. The van der Waals surface area contributed by atoms with Gasteiger partial charge in [-0.1, -0.05) is 0 Å². The van der Waals surface area contributed by atoms with Crippen molar-refractivity contribution in [2.45, 2.75) is 30.7 Å². The van der Waals surface area contributed by atoms with Gasteiger partial charge in [0.15, 0.2) is 23.4 Å². The molecule has 3 heterocycles. The van der Waals surface area contributed by atoms with Gasteiger partial charge in [0.05, 0.1) is 6.33 Å². The third-order valence-electron chi connectivity index (χ3n) is 3.49. The number of hydrogen-bond acceptors (Lipinski definition) is 9. The summed E-state index contributed by atoms with van der Waals surface area (Å²) in [5.74, 6) is 0.549. The maximum absolute atomic E-state index is 10.3. The monoisotopic (exact) mass is 295 g/mol. The van der Waals surface area contributed by atoms with Crippen LogP contribution in [0, 0.1) is 0 Å². The van der Waals surface area contributed by atoms with E-state index >= 15 is 0 Å². The summed E-state index contributed by atoms with van der Waals surface area (Å²) in [5.41, 5.74) is 10.5.